The summed E-state index contributed by atoms with van der Waals surface area (Å²) in [5.41, 5.74) is 0. The second kappa shape index (κ2) is 8.37. The fraction of sp³-hybridized carbons (Fsp3) is 0.867. The third-order valence-corrected chi connectivity index (χ3v) is 3.62. The molecule has 0 aromatic carbocycles. The summed E-state index contributed by atoms with van der Waals surface area (Å²) in [6.07, 6.45) is 3.51. The molecule has 1 heterocycles. The molecule has 1 aliphatic heterocycles. The second-order valence-electron chi connectivity index (χ2n) is 5.08. The number of hydrogen-bond acceptors (Lipinski definition) is 5. The van der Waals surface area contributed by atoms with Crippen molar-refractivity contribution < 1.29 is 23.8 Å². The molecule has 0 aliphatic carbocycles. The predicted molar refractivity (Wildman–Crippen MR) is 74.2 cm³/mol. The quantitative estimate of drug-likeness (QED) is 0.481. The van der Waals surface area contributed by atoms with Crippen molar-refractivity contribution in [2.45, 2.75) is 71.2 Å². The molecule has 0 saturated carbocycles. The first kappa shape index (κ1) is 17.1. The monoisotopic (exact) mass is 286 g/mol. The molecule has 1 fully saturated rings. The fourth-order valence-corrected chi connectivity index (χ4v) is 2.37. The van der Waals surface area contributed by atoms with E-state index in [-0.39, 0.29) is 18.3 Å². The minimum absolute atomic E-state index is 0.0605. The van der Waals surface area contributed by atoms with Crippen LogP contribution in [0.5, 0.6) is 0 Å². The number of Topliss-reactive ketones (excluding diaryl/α,β-unsaturated/α-hetero) is 1. The molecule has 1 atom stereocenters. The van der Waals surface area contributed by atoms with Gasteiger partial charge in [0, 0.05) is 6.42 Å². The van der Waals surface area contributed by atoms with Gasteiger partial charge in [-0.3, -0.25) is 9.59 Å². The molecule has 5 heteroatoms. The summed E-state index contributed by atoms with van der Waals surface area (Å²) in [6, 6.07) is 0. The zero-order valence-corrected chi connectivity index (χ0v) is 12.8. The van der Waals surface area contributed by atoms with Crippen molar-refractivity contribution >= 4 is 11.8 Å². The lowest BCUT2D eigenvalue weighted by Crippen LogP contribution is -2.28. The predicted octanol–water partition coefficient (Wildman–Crippen LogP) is 2.61. The highest BCUT2D eigenvalue weighted by Gasteiger charge is 2.37. The lowest BCUT2D eigenvalue weighted by atomic mass is 10.1. The Kier molecular flexibility index (Phi) is 7.16. The molecule has 0 radical (unpaired) electrons. The van der Waals surface area contributed by atoms with Crippen molar-refractivity contribution in [3.63, 3.8) is 0 Å². The van der Waals surface area contributed by atoms with Crippen molar-refractivity contribution in [3.8, 4) is 0 Å². The molecule has 0 unspecified atom stereocenters. The first-order chi connectivity index (χ1) is 9.55. The Balaban J connectivity index is 2.19. The highest BCUT2D eigenvalue weighted by Crippen LogP contribution is 2.31. The Morgan fingerprint density at radius 1 is 1.25 bits per heavy atom. The summed E-state index contributed by atoms with van der Waals surface area (Å²) >= 11 is 0. The van der Waals surface area contributed by atoms with Gasteiger partial charge in [0.1, 0.15) is 12.2 Å². The highest BCUT2D eigenvalue weighted by molar-refractivity contribution is 5.95. The van der Waals surface area contributed by atoms with Crippen molar-refractivity contribution in [2.75, 3.05) is 13.2 Å². The minimum Gasteiger partial charge on any atom is -0.466 e. The van der Waals surface area contributed by atoms with Crippen LogP contribution in [0.15, 0.2) is 0 Å². The maximum absolute atomic E-state index is 11.6. The molecule has 5 nitrogen and oxygen atoms in total. The first-order valence-electron chi connectivity index (χ1n) is 7.54. The minimum atomic E-state index is -0.436. The van der Waals surface area contributed by atoms with Crippen LogP contribution in [0.2, 0.25) is 0 Å². The van der Waals surface area contributed by atoms with Gasteiger partial charge in [-0.15, -0.1) is 0 Å². The van der Waals surface area contributed by atoms with Gasteiger partial charge in [0.25, 0.3) is 0 Å². The summed E-state index contributed by atoms with van der Waals surface area (Å²) in [5, 5.41) is 0. The average molecular weight is 286 g/mol. The molecular weight excluding hydrogens is 260 g/mol. The molecule has 0 aromatic rings. The smallest absolute Gasteiger partial charge is 0.313 e. The lowest BCUT2D eigenvalue weighted by Gasteiger charge is -2.24. The van der Waals surface area contributed by atoms with E-state index < -0.39 is 11.8 Å². The van der Waals surface area contributed by atoms with Crippen LogP contribution in [0.3, 0.4) is 0 Å². The zero-order valence-electron chi connectivity index (χ0n) is 12.8. The molecule has 0 N–H and O–H groups in total. The van der Waals surface area contributed by atoms with Crippen molar-refractivity contribution in [3.05, 3.63) is 0 Å². The third kappa shape index (κ3) is 5.21. The number of rotatable bonds is 9. The second-order valence-corrected chi connectivity index (χ2v) is 5.08. The van der Waals surface area contributed by atoms with E-state index in [1.807, 2.05) is 0 Å². The van der Waals surface area contributed by atoms with Crippen molar-refractivity contribution in [1.29, 1.82) is 0 Å². The first-order valence-corrected chi connectivity index (χ1v) is 7.54. The molecule has 116 valence electrons. The van der Waals surface area contributed by atoms with Gasteiger partial charge in [-0.25, -0.2) is 0 Å². The van der Waals surface area contributed by atoms with Gasteiger partial charge in [-0.05, 0) is 32.6 Å². The van der Waals surface area contributed by atoms with Crippen LogP contribution >= 0.6 is 0 Å². The van der Waals surface area contributed by atoms with Crippen LogP contribution < -0.4 is 0 Å². The van der Waals surface area contributed by atoms with Gasteiger partial charge < -0.3 is 14.2 Å². The van der Waals surface area contributed by atoms with E-state index in [2.05, 4.69) is 13.8 Å². The molecule has 0 amide bonds. The molecule has 1 rings (SSSR count). The van der Waals surface area contributed by atoms with Crippen LogP contribution in [-0.2, 0) is 23.8 Å². The van der Waals surface area contributed by atoms with Crippen LogP contribution in [0.25, 0.3) is 0 Å². The van der Waals surface area contributed by atoms with E-state index in [1.54, 1.807) is 6.92 Å². The van der Waals surface area contributed by atoms with Gasteiger partial charge in [0.05, 0.1) is 19.3 Å². The fourth-order valence-electron chi connectivity index (χ4n) is 2.37. The number of ketones is 1. The number of carbonyl (C=O) groups is 2. The number of hydrogen-bond donors (Lipinski definition) is 0. The Morgan fingerprint density at radius 2 is 1.95 bits per heavy atom. The van der Waals surface area contributed by atoms with Crippen molar-refractivity contribution in [2.24, 2.45) is 0 Å². The van der Waals surface area contributed by atoms with Crippen LogP contribution in [-0.4, -0.2) is 36.9 Å². The van der Waals surface area contributed by atoms with Gasteiger partial charge in [0.2, 0.25) is 0 Å². The summed E-state index contributed by atoms with van der Waals surface area (Å²) in [6.45, 7) is 6.74. The summed E-state index contributed by atoms with van der Waals surface area (Å²) < 4.78 is 16.4. The molecule has 0 bridgehead atoms. The van der Waals surface area contributed by atoms with Crippen molar-refractivity contribution in [1.82, 2.24) is 0 Å². The van der Waals surface area contributed by atoms with E-state index in [9.17, 15) is 9.59 Å². The van der Waals surface area contributed by atoms with Gasteiger partial charge >= 0.3 is 5.97 Å². The number of carbonyl (C=O) groups excluding carboxylic acids is 2. The van der Waals surface area contributed by atoms with E-state index in [0.717, 1.165) is 25.7 Å². The number of ether oxygens (including phenoxy) is 3. The molecule has 1 saturated heterocycles. The Hall–Kier alpha value is -0.940. The molecule has 1 aliphatic rings. The summed E-state index contributed by atoms with van der Waals surface area (Å²) in [4.78, 5) is 22.7. The molecule has 0 spiro atoms. The molecule has 0 aromatic heterocycles. The molecule has 20 heavy (non-hydrogen) atoms. The normalized spacial score (nSPS) is 20.9. The van der Waals surface area contributed by atoms with E-state index >= 15 is 0 Å². The lowest BCUT2D eigenvalue weighted by molar-refractivity contribution is -0.172. The Labute approximate surface area is 121 Å². The Morgan fingerprint density at radius 3 is 2.50 bits per heavy atom. The van der Waals surface area contributed by atoms with E-state index in [4.69, 9.17) is 14.2 Å². The van der Waals surface area contributed by atoms with Gasteiger partial charge in [-0.2, -0.15) is 0 Å². The van der Waals surface area contributed by atoms with E-state index in [1.165, 1.54) is 0 Å². The molecular formula is C15H26O5. The maximum Gasteiger partial charge on any atom is 0.313 e. The standard InChI is InChI=1S/C15H26O5/c1-4-15(5-2)19-11-13(20-15)9-7-8-12(16)10-14(17)18-6-3/h13H,4-11H2,1-3H3/t13-/m0/s1. The topological polar surface area (TPSA) is 61.8 Å². The van der Waals surface area contributed by atoms with Crippen LogP contribution in [0.1, 0.15) is 59.3 Å². The average Bonchev–Trinajstić information content (AvgIpc) is 2.83. The summed E-state index contributed by atoms with van der Waals surface area (Å²) in [7, 11) is 0. The summed E-state index contributed by atoms with van der Waals surface area (Å²) in [5.74, 6) is -0.937. The van der Waals surface area contributed by atoms with Crippen LogP contribution in [0, 0.1) is 0 Å². The van der Waals surface area contributed by atoms with E-state index in [0.29, 0.717) is 19.6 Å². The Bertz CT molecular complexity index is 322. The zero-order chi connectivity index (χ0) is 15.0. The third-order valence-electron chi connectivity index (χ3n) is 3.62. The highest BCUT2D eigenvalue weighted by atomic mass is 16.7. The SMILES string of the molecule is CCOC(=O)CC(=O)CCC[C@H]1COC(CC)(CC)O1. The van der Waals surface area contributed by atoms with Gasteiger partial charge in [0.15, 0.2) is 5.79 Å². The van der Waals surface area contributed by atoms with Crippen LogP contribution in [0.4, 0.5) is 0 Å². The number of esters is 1. The van der Waals surface area contributed by atoms with Gasteiger partial charge in [-0.1, -0.05) is 13.8 Å². The maximum atomic E-state index is 11.6. The largest absolute Gasteiger partial charge is 0.466 e.